The molecule has 1 aliphatic heterocycles. The second-order valence-electron chi connectivity index (χ2n) is 2.73. The molecule has 3 heteroatoms. The van der Waals surface area contributed by atoms with Crippen molar-refractivity contribution in [1.82, 2.24) is 0 Å². The van der Waals surface area contributed by atoms with Crippen LogP contribution in [0.5, 0.6) is 0 Å². The van der Waals surface area contributed by atoms with Crippen molar-refractivity contribution in [2.45, 2.75) is 38.1 Å². The monoisotopic (exact) mass is 146 g/mol. The van der Waals surface area contributed by atoms with Crippen LogP contribution in [0.2, 0.25) is 0 Å². The van der Waals surface area contributed by atoms with Crippen molar-refractivity contribution < 1.29 is 14.9 Å². The molecule has 10 heavy (non-hydrogen) atoms. The van der Waals surface area contributed by atoms with Crippen molar-refractivity contribution >= 4 is 0 Å². The smallest absolute Gasteiger partial charge is 0.189 e. The van der Waals surface area contributed by atoms with Crippen LogP contribution in [0.25, 0.3) is 0 Å². The molecule has 0 spiro atoms. The van der Waals surface area contributed by atoms with Crippen LogP contribution in [0.15, 0.2) is 0 Å². The van der Waals surface area contributed by atoms with E-state index in [1.54, 1.807) is 6.92 Å². The number of rotatable bonds is 2. The molecule has 1 aliphatic rings. The van der Waals surface area contributed by atoms with Crippen LogP contribution in [-0.2, 0) is 4.74 Å². The highest BCUT2D eigenvalue weighted by Gasteiger charge is 2.35. The Morgan fingerprint density at radius 2 is 2.30 bits per heavy atom. The highest BCUT2D eigenvalue weighted by atomic mass is 16.6. The molecule has 1 rings (SSSR count). The Bertz CT molecular complexity index is 105. The summed E-state index contributed by atoms with van der Waals surface area (Å²) < 4.78 is 5.11. The van der Waals surface area contributed by atoms with E-state index >= 15 is 0 Å². The maximum absolute atomic E-state index is 9.25. The largest absolute Gasteiger partial charge is 0.373 e. The van der Waals surface area contributed by atoms with Crippen LogP contribution in [0.3, 0.4) is 0 Å². The van der Waals surface area contributed by atoms with Crippen LogP contribution in [0.4, 0.5) is 0 Å². The van der Waals surface area contributed by atoms with Crippen LogP contribution < -0.4 is 0 Å². The highest BCUT2D eigenvalue weighted by Crippen LogP contribution is 2.23. The van der Waals surface area contributed by atoms with Crippen molar-refractivity contribution in [2.24, 2.45) is 0 Å². The van der Waals surface area contributed by atoms with Gasteiger partial charge in [0.1, 0.15) is 6.10 Å². The predicted octanol–water partition coefficient (Wildman–Crippen LogP) is 0.256. The fraction of sp³-hybridized carbons (Fsp3) is 1.00. The third kappa shape index (κ3) is 1.48. The second-order valence-corrected chi connectivity index (χ2v) is 2.73. The van der Waals surface area contributed by atoms with Gasteiger partial charge in [-0.1, -0.05) is 6.92 Å². The highest BCUT2D eigenvalue weighted by molar-refractivity contribution is 4.78. The van der Waals surface area contributed by atoms with Gasteiger partial charge in [0.05, 0.1) is 0 Å². The summed E-state index contributed by atoms with van der Waals surface area (Å²) in [4.78, 5) is 0. The average molecular weight is 146 g/mol. The minimum absolute atomic E-state index is 0.331. The van der Waals surface area contributed by atoms with E-state index in [0.717, 1.165) is 12.8 Å². The van der Waals surface area contributed by atoms with Gasteiger partial charge in [0.15, 0.2) is 5.79 Å². The zero-order valence-electron chi connectivity index (χ0n) is 6.21. The maximum atomic E-state index is 9.25. The van der Waals surface area contributed by atoms with Gasteiger partial charge in [-0.3, -0.25) is 0 Å². The summed E-state index contributed by atoms with van der Waals surface area (Å²) in [5, 5.41) is 18.5. The summed E-state index contributed by atoms with van der Waals surface area (Å²) in [6.45, 7) is 2.40. The Balaban J connectivity index is 2.45. The van der Waals surface area contributed by atoms with Crippen LogP contribution >= 0.6 is 0 Å². The van der Waals surface area contributed by atoms with Gasteiger partial charge in [0.2, 0.25) is 0 Å². The molecule has 1 atom stereocenters. The Morgan fingerprint density at radius 3 is 2.70 bits per heavy atom. The molecule has 0 aromatic rings. The number of ether oxygens (including phenoxy) is 1. The molecule has 0 amide bonds. The zero-order valence-corrected chi connectivity index (χ0v) is 6.21. The Hall–Kier alpha value is -0.120. The molecule has 1 fully saturated rings. The minimum Gasteiger partial charge on any atom is -0.373 e. The molecule has 0 aromatic carbocycles. The number of hydrogen-bond donors (Lipinski definition) is 2. The van der Waals surface area contributed by atoms with Crippen LogP contribution in [-0.4, -0.2) is 28.7 Å². The molecule has 0 aromatic heterocycles. The molecule has 1 heterocycles. The third-order valence-electron chi connectivity index (χ3n) is 1.97. The molecular formula is C7H14O3. The molecule has 1 unspecified atom stereocenters. The lowest BCUT2D eigenvalue weighted by Crippen LogP contribution is -2.40. The van der Waals surface area contributed by atoms with Gasteiger partial charge in [-0.25, -0.2) is 0 Å². The maximum Gasteiger partial charge on any atom is 0.189 e. The fourth-order valence-corrected chi connectivity index (χ4v) is 1.17. The first kappa shape index (κ1) is 7.98. The van der Waals surface area contributed by atoms with Gasteiger partial charge in [-0.05, 0) is 12.8 Å². The molecule has 60 valence electrons. The molecule has 1 saturated heterocycles. The molecule has 0 saturated carbocycles. The first-order valence-corrected chi connectivity index (χ1v) is 3.73. The molecule has 0 bridgehead atoms. The fourth-order valence-electron chi connectivity index (χ4n) is 1.17. The first-order chi connectivity index (χ1) is 4.67. The third-order valence-corrected chi connectivity index (χ3v) is 1.97. The summed E-state index contributed by atoms with van der Waals surface area (Å²) in [5.41, 5.74) is 0. The predicted molar refractivity (Wildman–Crippen MR) is 36.4 cm³/mol. The van der Waals surface area contributed by atoms with Gasteiger partial charge < -0.3 is 14.9 Å². The molecule has 3 nitrogen and oxygen atoms in total. The number of hydrogen-bond acceptors (Lipinski definition) is 3. The van der Waals surface area contributed by atoms with E-state index in [1.807, 2.05) is 0 Å². The van der Waals surface area contributed by atoms with Gasteiger partial charge in [0, 0.05) is 13.0 Å². The SMILES string of the molecule is CCC(O)(O)C1CCCO1. The van der Waals surface area contributed by atoms with Gasteiger partial charge in [0.25, 0.3) is 0 Å². The van der Waals surface area contributed by atoms with Gasteiger partial charge in [-0.15, -0.1) is 0 Å². The zero-order chi connectivity index (χ0) is 7.61. The van der Waals surface area contributed by atoms with Crippen molar-refractivity contribution in [2.75, 3.05) is 6.61 Å². The van der Waals surface area contributed by atoms with Crippen LogP contribution in [0, 0.1) is 0 Å². The quantitative estimate of drug-likeness (QED) is 0.549. The van der Waals surface area contributed by atoms with E-state index in [-0.39, 0.29) is 6.10 Å². The normalized spacial score (nSPS) is 27.3. The summed E-state index contributed by atoms with van der Waals surface area (Å²) in [7, 11) is 0. The number of aliphatic hydroxyl groups is 2. The topological polar surface area (TPSA) is 49.7 Å². The van der Waals surface area contributed by atoms with E-state index in [9.17, 15) is 10.2 Å². The minimum atomic E-state index is -1.60. The van der Waals surface area contributed by atoms with Crippen molar-refractivity contribution in [3.63, 3.8) is 0 Å². The summed E-state index contributed by atoms with van der Waals surface area (Å²) in [5.74, 6) is -1.60. The molecule has 0 radical (unpaired) electrons. The molecule has 0 aliphatic carbocycles. The summed E-state index contributed by atoms with van der Waals surface area (Å²) in [6.07, 6.45) is 1.67. The second kappa shape index (κ2) is 2.86. The molecule has 2 N–H and O–H groups in total. The Morgan fingerprint density at radius 1 is 1.60 bits per heavy atom. The van der Waals surface area contributed by atoms with E-state index in [1.165, 1.54) is 0 Å². The average Bonchev–Trinajstić information content (AvgIpc) is 2.38. The standard InChI is InChI=1S/C7H14O3/c1-2-7(8,9)6-4-3-5-10-6/h6,8-9H,2-5H2,1H3. The Labute approximate surface area is 60.6 Å². The lowest BCUT2D eigenvalue weighted by molar-refractivity contribution is -0.227. The molecular weight excluding hydrogens is 132 g/mol. The summed E-state index contributed by atoms with van der Waals surface area (Å²) in [6, 6.07) is 0. The first-order valence-electron chi connectivity index (χ1n) is 3.73. The lowest BCUT2D eigenvalue weighted by Gasteiger charge is -2.25. The van der Waals surface area contributed by atoms with E-state index < -0.39 is 5.79 Å². The van der Waals surface area contributed by atoms with Crippen molar-refractivity contribution in [3.8, 4) is 0 Å². The van der Waals surface area contributed by atoms with Crippen LogP contribution in [0.1, 0.15) is 26.2 Å². The lowest BCUT2D eigenvalue weighted by atomic mass is 10.1. The van der Waals surface area contributed by atoms with E-state index in [4.69, 9.17) is 4.74 Å². The van der Waals surface area contributed by atoms with E-state index in [2.05, 4.69) is 0 Å². The van der Waals surface area contributed by atoms with Gasteiger partial charge >= 0.3 is 0 Å². The Kier molecular flexibility index (Phi) is 2.28. The van der Waals surface area contributed by atoms with Crippen molar-refractivity contribution in [3.05, 3.63) is 0 Å². The summed E-state index contributed by atoms with van der Waals surface area (Å²) >= 11 is 0. The van der Waals surface area contributed by atoms with Gasteiger partial charge in [-0.2, -0.15) is 0 Å². The van der Waals surface area contributed by atoms with Crippen molar-refractivity contribution in [1.29, 1.82) is 0 Å². The van der Waals surface area contributed by atoms with E-state index in [0.29, 0.717) is 13.0 Å².